The van der Waals surface area contributed by atoms with Crippen molar-refractivity contribution in [1.29, 1.82) is 0 Å². The average Bonchev–Trinajstić information content (AvgIpc) is 3.92. The quantitative estimate of drug-likeness (QED) is 0.156. The molecule has 12 rings (SSSR count). The van der Waals surface area contributed by atoms with Gasteiger partial charge in [0.15, 0.2) is 0 Å². The summed E-state index contributed by atoms with van der Waals surface area (Å²) in [5, 5.41) is 9.11. The van der Waals surface area contributed by atoms with Crippen molar-refractivity contribution in [2.45, 2.75) is 72.1 Å². The van der Waals surface area contributed by atoms with Gasteiger partial charge in [0.1, 0.15) is 5.82 Å². The number of pyridine rings is 1. The van der Waals surface area contributed by atoms with E-state index in [0.717, 1.165) is 88.3 Å². The molecule has 0 fully saturated rings. The van der Waals surface area contributed by atoms with Gasteiger partial charge in [-0.15, -0.1) is 35.7 Å². The Kier molecular flexibility index (Phi) is 11.1. The number of ether oxygens (including phenoxy) is 1. The van der Waals surface area contributed by atoms with Crippen LogP contribution in [0.2, 0.25) is 0 Å². The Morgan fingerprint density at radius 2 is 1.17 bits per heavy atom. The molecule has 0 saturated carbocycles. The first-order valence-corrected chi connectivity index (χ1v) is 24.3. The normalized spacial score (nSPS) is 13.0. The number of para-hydroxylation sites is 3. The fraction of sp³-hybridized carbons (Fsp3) is 0.169. The Labute approximate surface area is 432 Å². The molecule has 71 heavy (non-hydrogen) atoms. The number of hydrogen-bond donors (Lipinski definition) is 0. The summed E-state index contributed by atoms with van der Waals surface area (Å²) in [4.78, 5) is 7.13. The third-order valence-electron chi connectivity index (χ3n) is 14.1. The number of nitrogens with zero attached hydrogens (tertiary/aromatic N) is 4. The van der Waals surface area contributed by atoms with Gasteiger partial charge >= 0.3 is 0 Å². The molecule has 0 aliphatic carbocycles. The van der Waals surface area contributed by atoms with Gasteiger partial charge in [-0.1, -0.05) is 182 Å². The summed E-state index contributed by atoms with van der Waals surface area (Å²) < 4.78 is 20.6. The fourth-order valence-electron chi connectivity index (χ4n) is 10.4. The molecule has 11 aromatic rings. The average molecular weight is 1100 g/mol. The van der Waals surface area contributed by atoms with Crippen molar-refractivity contribution in [3.63, 3.8) is 0 Å². The molecule has 0 N–H and O–H groups in total. The predicted molar refractivity (Wildman–Crippen MR) is 294 cm³/mol. The zero-order chi connectivity index (χ0) is 49.0. The van der Waals surface area contributed by atoms with E-state index in [1.807, 2.05) is 38.2 Å². The second kappa shape index (κ2) is 17.5. The molecule has 8 aromatic carbocycles. The number of benzene rings is 8. The van der Waals surface area contributed by atoms with Gasteiger partial charge < -0.3 is 18.8 Å². The molecule has 6 heteroatoms. The van der Waals surface area contributed by atoms with Crippen LogP contribution in [0, 0.1) is 18.8 Å². The summed E-state index contributed by atoms with van der Waals surface area (Å²) in [6.45, 7) is 19.6. The van der Waals surface area contributed by atoms with Gasteiger partial charge in [0.2, 0.25) is 0 Å². The Balaban J connectivity index is 0.00000560. The second-order valence-electron chi connectivity index (χ2n) is 21.0. The van der Waals surface area contributed by atoms with Gasteiger partial charge in [0, 0.05) is 51.3 Å². The maximum atomic E-state index is 9.26. The Morgan fingerprint density at radius 1 is 0.563 bits per heavy atom. The summed E-state index contributed by atoms with van der Waals surface area (Å²) in [5.41, 5.74) is 11.3. The predicted octanol–water partition coefficient (Wildman–Crippen LogP) is 17.6. The van der Waals surface area contributed by atoms with Gasteiger partial charge in [0.05, 0.1) is 0 Å². The molecule has 0 amide bonds. The van der Waals surface area contributed by atoms with Crippen LogP contribution in [0.5, 0.6) is 11.5 Å². The molecule has 0 atom stereocenters. The van der Waals surface area contributed by atoms with Crippen LogP contribution in [0.25, 0.3) is 82.1 Å². The number of fused-ring (bicyclic) bond motifs is 10. The number of hydrogen-bond acceptors (Lipinski definition) is 3. The van der Waals surface area contributed by atoms with Crippen LogP contribution >= 0.6 is 0 Å². The van der Waals surface area contributed by atoms with Crippen LogP contribution in [0.1, 0.15) is 79.3 Å². The molecule has 1 aliphatic heterocycles. The minimum absolute atomic E-state index is 0. The zero-order valence-corrected chi connectivity index (χ0v) is 43.6. The van der Waals surface area contributed by atoms with E-state index in [2.05, 4.69) is 226 Å². The summed E-state index contributed by atoms with van der Waals surface area (Å²) in [6, 6.07) is 68.0. The largest absolute Gasteiger partial charge is 0.509 e. The molecule has 0 saturated heterocycles. The SMILES string of the molecule is [2H]C(C)(C)c1cc(-c2cccc3c4ccccc4c4ccccc4c4cccc5c4n(c23)[CH-]N5c2[c-]c(Oc3[c-]c4c(cc3)c3ccccc3n4-c3cc(C(C)(C)C)ccn3)ccc2)cc(C(C)(C)C)c1.[Pt]. The van der Waals surface area contributed by atoms with Gasteiger partial charge in [-0.3, -0.25) is 0 Å². The van der Waals surface area contributed by atoms with Crippen LogP contribution in [-0.4, -0.2) is 14.1 Å². The summed E-state index contributed by atoms with van der Waals surface area (Å²) in [6.07, 6.45) is 1.90. The van der Waals surface area contributed by atoms with Gasteiger partial charge in [-0.05, 0) is 124 Å². The Bertz CT molecular complexity index is 4000. The van der Waals surface area contributed by atoms with Crippen molar-refractivity contribution in [2.75, 3.05) is 4.90 Å². The van der Waals surface area contributed by atoms with E-state index in [-0.39, 0.29) is 31.9 Å². The summed E-state index contributed by atoms with van der Waals surface area (Å²) in [5.74, 6) is 1.20. The molecule has 0 bridgehead atoms. The van der Waals surface area contributed by atoms with Crippen LogP contribution in [-0.2, 0) is 31.9 Å². The monoisotopic (exact) mass is 1100 g/mol. The van der Waals surface area contributed by atoms with Crippen LogP contribution in [0.3, 0.4) is 0 Å². The third-order valence-corrected chi connectivity index (χ3v) is 14.1. The van der Waals surface area contributed by atoms with Crippen molar-refractivity contribution in [2.24, 2.45) is 0 Å². The standard InChI is InChI=1S/C65H55N4O.Pt/c1-41(2)42-34-43(36-45(35-42)65(6,7)8)49-25-16-26-56-52-22-11-9-20-50(52)51-21-10-12-23-53(51)57-27-17-29-59-63(57)68(62(49)56)40-67(59)46-18-15-19-47(38-46)70-48-30-31-55-54-24-13-14-28-58(54)69(60(55)39-48)61-37-44(32-33-66-61)64(3,4)5;/h9-37,40-41H,1-8H3;/q-3;/i41D;. The van der Waals surface area contributed by atoms with Crippen LogP contribution in [0.4, 0.5) is 11.4 Å². The molecule has 5 nitrogen and oxygen atoms in total. The van der Waals surface area contributed by atoms with E-state index >= 15 is 0 Å². The number of anilines is 2. The van der Waals surface area contributed by atoms with E-state index in [9.17, 15) is 1.37 Å². The first-order valence-electron chi connectivity index (χ1n) is 24.8. The molecule has 0 radical (unpaired) electrons. The molecule has 1 aliphatic rings. The zero-order valence-electron chi connectivity index (χ0n) is 42.3. The summed E-state index contributed by atoms with van der Waals surface area (Å²) in [7, 11) is 0. The van der Waals surface area contributed by atoms with Gasteiger partial charge in [0.25, 0.3) is 0 Å². The first-order chi connectivity index (χ1) is 34.1. The van der Waals surface area contributed by atoms with Crippen molar-refractivity contribution in [3.05, 3.63) is 212 Å². The van der Waals surface area contributed by atoms with E-state index in [0.29, 0.717) is 11.5 Å². The number of aromatic nitrogens is 3. The summed E-state index contributed by atoms with van der Waals surface area (Å²) >= 11 is 0. The Hall–Kier alpha value is -7.33. The van der Waals surface area contributed by atoms with Crippen LogP contribution in [0.15, 0.2) is 176 Å². The molecule has 0 spiro atoms. The van der Waals surface area contributed by atoms with E-state index in [1.54, 1.807) is 0 Å². The van der Waals surface area contributed by atoms with Gasteiger partial charge in [-0.25, -0.2) is 4.98 Å². The maximum Gasteiger partial charge on any atom is 0.135 e. The van der Waals surface area contributed by atoms with Gasteiger partial charge in [-0.2, -0.15) is 12.1 Å². The fourth-order valence-corrected chi connectivity index (χ4v) is 10.4. The van der Waals surface area contributed by atoms with E-state index in [4.69, 9.17) is 9.72 Å². The molecule has 3 aromatic heterocycles. The second-order valence-corrected chi connectivity index (χ2v) is 21.0. The van der Waals surface area contributed by atoms with Crippen molar-refractivity contribution in [3.8, 4) is 28.4 Å². The molecular weight excluding hydrogens is 1050 g/mol. The van der Waals surface area contributed by atoms with Crippen LogP contribution < -0.4 is 9.64 Å². The minimum Gasteiger partial charge on any atom is -0.509 e. The smallest absolute Gasteiger partial charge is 0.135 e. The molecule has 0 unspecified atom stereocenters. The maximum absolute atomic E-state index is 9.26. The third kappa shape index (κ3) is 7.92. The van der Waals surface area contributed by atoms with Crippen molar-refractivity contribution >= 4 is 76.5 Å². The van der Waals surface area contributed by atoms with E-state index in [1.165, 1.54) is 21.9 Å². The number of rotatable bonds is 6. The van der Waals surface area contributed by atoms with Crippen molar-refractivity contribution < 1.29 is 27.2 Å². The molecular formula is C65H55N4OPt-3. The van der Waals surface area contributed by atoms with Crippen molar-refractivity contribution in [1.82, 2.24) is 14.1 Å². The topological polar surface area (TPSA) is 35.2 Å². The minimum atomic E-state index is -0.804. The van der Waals surface area contributed by atoms with E-state index < -0.39 is 5.89 Å². The Morgan fingerprint density at radius 3 is 1.86 bits per heavy atom. The first kappa shape index (κ1) is 44.8. The molecule has 354 valence electrons. The molecule has 4 heterocycles.